The van der Waals surface area contributed by atoms with Gasteiger partial charge in [-0.25, -0.2) is 15.0 Å². The minimum absolute atomic E-state index is 0.139. The second kappa shape index (κ2) is 7.61. The van der Waals surface area contributed by atoms with Gasteiger partial charge in [-0.1, -0.05) is 13.8 Å². The van der Waals surface area contributed by atoms with Crippen LogP contribution in [0.15, 0.2) is 12.7 Å². The summed E-state index contributed by atoms with van der Waals surface area (Å²) in [5.41, 5.74) is 1.01. The van der Waals surface area contributed by atoms with E-state index in [0.29, 0.717) is 17.0 Å². The van der Waals surface area contributed by atoms with Gasteiger partial charge in [-0.15, -0.1) is 0 Å². The Morgan fingerprint density at radius 2 is 2.00 bits per heavy atom. The summed E-state index contributed by atoms with van der Waals surface area (Å²) in [6.45, 7) is 4.18. The summed E-state index contributed by atoms with van der Waals surface area (Å²) in [6.07, 6.45) is 1.93. The molecule has 28 heavy (non-hydrogen) atoms. The first kappa shape index (κ1) is 19.0. The van der Waals surface area contributed by atoms with Crippen molar-refractivity contribution in [2.75, 3.05) is 5.32 Å². The molecule has 0 aromatic carbocycles. The number of aliphatic hydroxyl groups excluding tert-OH is 2. The van der Waals surface area contributed by atoms with Crippen molar-refractivity contribution in [2.24, 2.45) is 0 Å². The van der Waals surface area contributed by atoms with E-state index in [2.05, 4.69) is 39.4 Å². The smallest absolute Gasteiger partial charge is 0.252 e. The number of fused-ring (bicyclic) bond motifs is 1. The summed E-state index contributed by atoms with van der Waals surface area (Å²) in [5, 5.41) is 27.0. The molecule has 4 atom stereocenters. The molecule has 2 aromatic rings. The number of hydrogen-bond acceptors (Lipinski definition) is 8. The molecule has 4 rings (SSSR count). The van der Waals surface area contributed by atoms with Crippen molar-refractivity contribution in [1.29, 1.82) is 0 Å². The minimum atomic E-state index is -1.33. The first-order valence-corrected chi connectivity index (χ1v) is 9.79. The molecule has 152 valence electrons. The van der Waals surface area contributed by atoms with E-state index in [0.717, 1.165) is 25.7 Å². The third-order valence-electron chi connectivity index (χ3n) is 5.38. The Morgan fingerprint density at radius 1 is 1.25 bits per heavy atom. The molecule has 1 unspecified atom stereocenters. The lowest BCUT2D eigenvalue weighted by molar-refractivity contribution is -0.137. The van der Waals surface area contributed by atoms with E-state index >= 15 is 0 Å². The van der Waals surface area contributed by atoms with E-state index in [-0.39, 0.29) is 12.1 Å². The number of amides is 1. The Labute approximate surface area is 162 Å². The van der Waals surface area contributed by atoms with E-state index in [4.69, 9.17) is 4.74 Å². The lowest BCUT2D eigenvalue weighted by atomic mass is 10.1. The first-order chi connectivity index (χ1) is 13.5. The Kier molecular flexibility index (Phi) is 5.17. The minimum Gasteiger partial charge on any atom is -0.387 e. The number of carbonyl (C=O) groups is 1. The number of anilines is 1. The molecule has 10 nitrogen and oxygen atoms in total. The molecule has 2 aromatic heterocycles. The topological polar surface area (TPSA) is 134 Å². The first-order valence-electron chi connectivity index (χ1n) is 9.79. The van der Waals surface area contributed by atoms with Crippen LogP contribution in [0.3, 0.4) is 0 Å². The number of imidazole rings is 1. The molecule has 0 spiro atoms. The number of aromatic nitrogens is 4. The molecule has 1 aliphatic heterocycles. The maximum atomic E-state index is 12.3. The zero-order valence-corrected chi connectivity index (χ0v) is 15.9. The van der Waals surface area contributed by atoms with Gasteiger partial charge < -0.3 is 25.6 Å². The van der Waals surface area contributed by atoms with Crippen LogP contribution in [-0.4, -0.2) is 66.0 Å². The number of nitrogens with zero attached hydrogens (tertiary/aromatic N) is 4. The Balaban J connectivity index is 1.59. The number of aliphatic hydroxyl groups is 2. The van der Waals surface area contributed by atoms with Crippen LogP contribution >= 0.6 is 0 Å². The molecule has 0 radical (unpaired) electrons. The zero-order chi connectivity index (χ0) is 19.8. The average Bonchev–Trinajstić information content (AvgIpc) is 3.33. The summed E-state index contributed by atoms with van der Waals surface area (Å²) < 4.78 is 7.26. The molecule has 1 aliphatic carbocycles. The highest BCUT2D eigenvalue weighted by Gasteiger charge is 2.48. The maximum Gasteiger partial charge on any atom is 0.252 e. The molecular weight excluding hydrogens is 364 g/mol. The predicted molar refractivity (Wildman–Crippen MR) is 100 cm³/mol. The van der Waals surface area contributed by atoms with Crippen LogP contribution in [-0.2, 0) is 9.53 Å². The summed E-state index contributed by atoms with van der Waals surface area (Å²) in [5.74, 6) is 0.195. The quantitative estimate of drug-likeness (QED) is 0.531. The van der Waals surface area contributed by atoms with Gasteiger partial charge in [0.15, 0.2) is 29.3 Å². The lowest BCUT2D eigenvalue weighted by Gasteiger charge is -2.17. The van der Waals surface area contributed by atoms with Gasteiger partial charge in [0.25, 0.3) is 5.91 Å². The molecule has 0 bridgehead atoms. The van der Waals surface area contributed by atoms with Crippen LogP contribution in [0.5, 0.6) is 0 Å². The van der Waals surface area contributed by atoms with Gasteiger partial charge >= 0.3 is 0 Å². The summed E-state index contributed by atoms with van der Waals surface area (Å²) >= 11 is 0. The molecule has 10 heteroatoms. The second-order valence-corrected chi connectivity index (χ2v) is 7.42. The largest absolute Gasteiger partial charge is 0.387 e. The van der Waals surface area contributed by atoms with Crippen LogP contribution in [0.4, 0.5) is 5.82 Å². The van der Waals surface area contributed by atoms with Crippen molar-refractivity contribution in [3.8, 4) is 0 Å². The standard InChI is InChI=1S/C18H26N6O4/c1-3-9(4-2)22-15-11-16(20-7-19-15)24(8-21-11)18-13(26)12(25)14(28-18)17(27)23-10-5-6-10/h7-10,12-14,18,25-26H,3-6H2,1-2H3,(H,23,27)(H,19,20,22)/t12-,13+,14-,18?/m0/s1. The van der Waals surface area contributed by atoms with Crippen LogP contribution < -0.4 is 10.6 Å². The van der Waals surface area contributed by atoms with E-state index < -0.39 is 30.4 Å². The lowest BCUT2D eigenvalue weighted by Crippen LogP contribution is -2.43. The van der Waals surface area contributed by atoms with Gasteiger partial charge in [-0.3, -0.25) is 9.36 Å². The second-order valence-electron chi connectivity index (χ2n) is 7.42. The van der Waals surface area contributed by atoms with Crippen molar-refractivity contribution in [3.63, 3.8) is 0 Å². The number of carbonyl (C=O) groups excluding carboxylic acids is 1. The van der Waals surface area contributed by atoms with E-state index in [1.54, 1.807) is 0 Å². The summed E-state index contributed by atoms with van der Waals surface area (Å²) in [6, 6.07) is 0.397. The van der Waals surface area contributed by atoms with Crippen LogP contribution in [0, 0.1) is 0 Å². The SMILES string of the molecule is CCC(CC)Nc1ncnc2c1ncn2C1O[C@H](C(=O)NC2CC2)[C@@H](O)[C@H]1O. The Morgan fingerprint density at radius 3 is 2.68 bits per heavy atom. The van der Waals surface area contributed by atoms with Crippen LogP contribution in [0.25, 0.3) is 11.2 Å². The number of ether oxygens (including phenoxy) is 1. The van der Waals surface area contributed by atoms with Crippen molar-refractivity contribution in [2.45, 2.75) is 76.2 Å². The molecule has 1 saturated carbocycles. The van der Waals surface area contributed by atoms with Gasteiger partial charge in [0, 0.05) is 12.1 Å². The van der Waals surface area contributed by atoms with E-state index in [1.165, 1.54) is 17.2 Å². The van der Waals surface area contributed by atoms with Crippen molar-refractivity contribution in [1.82, 2.24) is 24.8 Å². The van der Waals surface area contributed by atoms with Gasteiger partial charge in [-0.2, -0.15) is 0 Å². The third kappa shape index (κ3) is 3.43. The van der Waals surface area contributed by atoms with Crippen molar-refractivity contribution < 1.29 is 19.7 Å². The van der Waals surface area contributed by atoms with E-state index in [1.807, 2.05) is 0 Å². The molecule has 1 amide bonds. The van der Waals surface area contributed by atoms with Crippen LogP contribution in [0.1, 0.15) is 45.8 Å². The molecule has 1 saturated heterocycles. The van der Waals surface area contributed by atoms with Gasteiger partial charge in [0.1, 0.15) is 18.5 Å². The number of hydrogen-bond donors (Lipinski definition) is 4. The highest BCUT2D eigenvalue weighted by Crippen LogP contribution is 2.33. The molecule has 4 N–H and O–H groups in total. The number of nitrogens with one attached hydrogen (secondary N) is 2. The average molecular weight is 390 g/mol. The fourth-order valence-electron chi connectivity index (χ4n) is 3.45. The fourth-order valence-corrected chi connectivity index (χ4v) is 3.45. The molecule has 3 heterocycles. The molecule has 2 fully saturated rings. The predicted octanol–water partition coefficient (Wildman–Crippen LogP) is 0.325. The van der Waals surface area contributed by atoms with Crippen molar-refractivity contribution in [3.05, 3.63) is 12.7 Å². The Bertz CT molecular complexity index is 850. The van der Waals surface area contributed by atoms with E-state index in [9.17, 15) is 15.0 Å². The Hall–Kier alpha value is -2.30. The molecule has 2 aliphatic rings. The highest BCUT2D eigenvalue weighted by molar-refractivity contribution is 5.84. The zero-order valence-electron chi connectivity index (χ0n) is 15.9. The number of rotatable bonds is 7. The fraction of sp³-hybridized carbons (Fsp3) is 0.667. The highest BCUT2D eigenvalue weighted by atomic mass is 16.6. The van der Waals surface area contributed by atoms with Gasteiger partial charge in [-0.05, 0) is 25.7 Å². The van der Waals surface area contributed by atoms with Crippen LogP contribution in [0.2, 0.25) is 0 Å². The summed E-state index contributed by atoms with van der Waals surface area (Å²) in [7, 11) is 0. The maximum absolute atomic E-state index is 12.3. The molecular formula is C18H26N6O4. The third-order valence-corrected chi connectivity index (χ3v) is 5.38. The normalized spacial score (nSPS) is 27.5. The van der Waals surface area contributed by atoms with Gasteiger partial charge in [0.05, 0.1) is 6.33 Å². The van der Waals surface area contributed by atoms with Gasteiger partial charge in [0.2, 0.25) is 0 Å². The summed E-state index contributed by atoms with van der Waals surface area (Å²) in [4.78, 5) is 25.2. The van der Waals surface area contributed by atoms with Crippen molar-refractivity contribution >= 4 is 22.9 Å². The monoisotopic (exact) mass is 390 g/mol.